The smallest absolute Gasteiger partial charge is 0.260 e. The molecule has 0 saturated heterocycles. The highest BCUT2D eigenvalue weighted by Gasteiger charge is 2.17. The molecule has 0 aliphatic rings. The molecule has 1 amide bonds. The number of carbonyl (C=O) groups is 1. The molecule has 0 aliphatic carbocycles. The lowest BCUT2D eigenvalue weighted by molar-refractivity contribution is 0.0978. The van der Waals surface area contributed by atoms with Crippen LogP contribution in [-0.4, -0.2) is 21.4 Å². The maximum Gasteiger partial charge on any atom is 0.260 e. The molecule has 6 nitrogen and oxygen atoms in total. The second kappa shape index (κ2) is 5.96. The van der Waals surface area contributed by atoms with Crippen molar-refractivity contribution < 1.29 is 9.18 Å². The molecule has 0 atom stereocenters. The number of hydrogen-bond donors (Lipinski definition) is 3. The quantitative estimate of drug-likeness (QED) is 0.384. The van der Waals surface area contributed by atoms with Crippen molar-refractivity contribution in [1.82, 2.24) is 14.9 Å². The van der Waals surface area contributed by atoms with Gasteiger partial charge in [-0.15, -0.1) is 0 Å². The van der Waals surface area contributed by atoms with Gasteiger partial charge in [-0.05, 0) is 30.3 Å². The van der Waals surface area contributed by atoms with E-state index in [0.717, 1.165) is 5.52 Å². The first-order valence-corrected chi connectivity index (χ1v) is 7.85. The van der Waals surface area contributed by atoms with Gasteiger partial charge in [-0.2, -0.15) is 0 Å². The first-order chi connectivity index (χ1) is 12.5. The third kappa shape index (κ3) is 2.55. The Hall–Kier alpha value is -3.74. The summed E-state index contributed by atoms with van der Waals surface area (Å²) in [6.45, 7) is 0. The fourth-order valence-corrected chi connectivity index (χ4v) is 3.06. The molecule has 0 unspecified atom stereocenters. The van der Waals surface area contributed by atoms with Crippen LogP contribution < -0.4 is 11.1 Å². The Kier molecular flexibility index (Phi) is 3.62. The van der Waals surface area contributed by atoms with E-state index >= 15 is 0 Å². The van der Waals surface area contributed by atoms with Crippen molar-refractivity contribution in [3.8, 4) is 5.69 Å². The van der Waals surface area contributed by atoms with Crippen LogP contribution in [0.1, 0.15) is 10.4 Å². The molecule has 0 aliphatic heterocycles. The number of nitrogens with one attached hydrogen (secondary N) is 2. The van der Waals surface area contributed by atoms with E-state index in [0.29, 0.717) is 27.5 Å². The standard InChI is InChI=1S/C19H14FN5O/c20-11-5-6-15-13(9-11)17(7-8-23-15)25-10-14(18(26)24-19(21)22)12-3-1-2-4-16(12)25/h1-10H,(H4,21,22,24,26). The lowest BCUT2D eigenvalue weighted by atomic mass is 10.1. The summed E-state index contributed by atoms with van der Waals surface area (Å²) < 4.78 is 15.6. The predicted molar refractivity (Wildman–Crippen MR) is 97.9 cm³/mol. The molecule has 4 N–H and O–H groups in total. The van der Waals surface area contributed by atoms with Crippen molar-refractivity contribution in [2.45, 2.75) is 0 Å². The van der Waals surface area contributed by atoms with E-state index in [1.807, 2.05) is 28.8 Å². The zero-order chi connectivity index (χ0) is 18.3. The van der Waals surface area contributed by atoms with Gasteiger partial charge in [0.15, 0.2) is 5.96 Å². The maximum absolute atomic E-state index is 13.8. The Labute approximate surface area is 147 Å². The second-order valence-electron chi connectivity index (χ2n) is 5.79. The minimum absolute atomic E-state index is 0.363. The Morgan fingerprint density at radius 2 is 1.96 bits per heavy atom. The number of halogens is 1. The molecule has 7 heteroatoms. The number of fused-ring (bicyclic) bond motifs is 2. The van der Waals surface area contributed by atoms with Gasteiger partial charge in [-0.1, -0.05) is 18.2 Å². The molecule has 0 saturated carbocycles. The Morgan fingerprint density at radius 1 is 1.15 bits per heavy atom. The number of nitrogens with two attached hydrogens (primary N) is 1. The fourth-order valence-electron chi connectivity index (χ4n) is 3.06. The highest BCUT2D eigenvalue weighted by molar-refractivity contribution is 6.12. The number of amides is 1. The molecule has 0 fully saturated rings. The molecular formula is C19H14FN5O. The Morgan fingerprint density at radius 3 is 2.77 bits per heavy atom. The molecule has 2 heterocycles. The summed E-state index contributed by atoms with van der Waals surface area (Å²) in [7, 11) is 0. The lowest BCUT2D eigenvalue weighted by Crippen LogP contribution is -2.35. The fraction of sp³-hybridized carbons (Fsp3) is 0. The summed E-state index contributed by atoms with van der Waals surface area (Å²) in [5, 5.41) is 10.9. The van der Waals surface area contributed by atoms with E-state index in [9.17, 15) is 9.18 Å². The first kappa shape index (κ1) is 15.8. The zero-order valence-electron chi connectivity index (χ0n) is 13.5. The van der Waals surface area contributed by atoms with Gasteiger partial charge >= 0.3 is 0 Å². The summed E-state index contributed by atoms with van der Waals surface area (Å²) in [5.41, 5.74) is 7.78. The van der Waals surface area contributed by atoms with E-state index in [4.69, 9.17) is 11.1 Å². The van der Waals surface area contributed by atoms with Gasteiger partial charge in [0.2, 0.25) is 0 Å². The topological polar surface area (TPSA) is 96.8 Å². The molecule has 26 heavy (non-hydrogen) atoms. The van der Waals surface area contributed by atoms with Crippen LogP contribution in [-0.2, 0) is 0 Å². The summed E-state index contributed by atoms with van der Waals surface area (Å²) in [4.78, 5) is 16.7. The Balaban J connectivity index is 2.00. The number of carbonyl (C=O) groups excluding carboxylic acids is 1. The van der Waals surface area contributed by atoms with Crippen LogP contribution in [0.15, 0.2) is 60.9 Å². The van der Waals surface area contributed by atoms with Crippen LogP contribution in [0.2, 0.25) is 0 Å². The molecule has 2 aromatic carbocycles. The van der Waals surface area contributed by atoms with Crippen LogP contribution >= 0.6 is 0 Å². The summed E-state index contributed by atoms with van der Waals surface area (Å²) in [6, 6.07) is 13.5. The number of pyridine rings is 1. The zero-order valence-corrected chi connectivity index (χ0v) is 13.5. The normalized spacial score (nSPS) is 11.0. The summed E-state index contributed by atoms with van der Waals surface area (Å²) in [5.74, 6) is -1.27. The molecule has 0 spiro atoms. The number of rotatable bonds is 2. The minimum Gasteiger partial charge on any atom is -0.370 e. The third-order valence-corrected chi connectivity index (χ3v) is 4.14. The van der Waals surface area contributed by atoms with Gasteiger partial charge in [0.25, 0.3) is 5.91 Å². The van der Waals surface area contributed by atoms with E-state index in [2.05, 4.69) is 10.3 Å². The van der Waals surface area contributed by atoms with Crippen molar-refractivity contribution in [3.63, 3.8) is 0 Å². The average molecular weight is 347 g/mol. The molecule has 128 valence electrons. The number of para-hydroxylation sites is 1. The van der Waals surface area contributed by atoms with Crippen molar-refractivity contribution in [1.29, 1.82) is 5.41 Å². The highest BCUT2D eigenvalue weighted by Crippen LogP contribution is 2.29. The molecule has 4 rings (SSSR count). The molecule has 0 radical (unpaired) electrons. The average Bonchev–Trinajstić information content (AvgIpc) is 3.00. The van der Waals surface area contributed by atoms with Crippen molar-refractivity contribution in [2.75, 3.05) is 0 Å². The maximum atomic E-state index is 13.8. The van der Waals surface area contributed by atoms with Gasteiger partial charge in [0, 0.05) is 23.2 Å². The monoisotopic (exact) mass is 347 g/mol. The van der Waals surface area contributed by atoms with Crippen molar-refractivity contribution in [3.05, 3.63) is 72.3 Å². The van der Waals surface area contributed by atoms with Crippen LogP contribution in [0.3, 0.4) is 0 Å². The van der Waals surface area contributed by atoms with Crippen molar-refractivity contribution in [2.24, 2.45) is 5.73 Å². The van der Waals surface area contributed by atoms with E-state index in [-0.39, 0.29) is 5.82 Å². The van der Waals surface area contributed by atoms with Gasteiger partial charge < -0.3 is 10.3 Å². The third-order valence-electron chi connectivity index (χ3n) is 4.14. The van der Waals surface area contributed by atoms with E-state index in [1.165, 1.54) is 12.1 Å². The second-order valence-corrected chi connectivity index (χ2v) is 5.79. The van der Waals surface area contributed by atoms with Crippen LogP contribution in [0.25, 0.3) is 27.5 Å². The highest BCUT2D eigenvalue weighted by atomic mass is 19.1. The van der Waals surface area contributed by atoms with Gasteiger partial charge in [-0.25, -0.2) is 4.39 Å². The van der Waals surface area contributed by atoms with E-state index in [1.54, 1.807) is 24.5 Å². The summed E-state index contributed by atoms with van der Waals surface area (Å²) >= 11 is 0. The van der Waals surface area contributed by atoms with Gasteiger partial charge in [0.1, 0.15) is 5.82 Å². The molecule has 0 bridgehead atoms. The SMILES string of the molecule is N=C(N)NC(=O)c1cn(-c2ccnc3ccc(F)cc23)c2ccccc12. The van der Waals surface area contributed by atoms with Gasteiger partial charge in [-0.3, -0.25) is 20.5 Å². The van der Waals surface area contributed by atoms with E-state index < -0.39 is 11.9 Å². The number of aromatic nitrogens is 2. The predicted octanol–water partition coefficient (Wildman–Crippen LogP) is 2.94. The summed E-state index contributed by atoms with van der Waals surface area (Å²) in [6.07, 6.45) is 3.29. The minimum atomic E-state index is -0.475. The number of hydrogen-bond acceptors (Lipinski definition) is 3. The van der Waals surface area contributed by atoms with Crippen LogP contribution in [0.4, 0.5) is 4.39 Å². The van der Waals surface area contributed by atoms with Crippen LogP contribution in [0, 0.1) is 11.2 Å². The first-order valence-electron chi connectivity index (χ1n) is 7.85. The number of guanidine groups is 1. The number of nitrogens with zero attached hydrogens (tertiary/aromatic N) is 2. The largest absolute Gasteiger partial charge is 0.370 e. The molecular weight excluding hydrogens is 333 g/mol. The Bertz CT molecular complexity index is 1180. The molecule has 2 aromatic heterocycles. The molecule has 4 aromatic rings. The van der Waals surface area contributed by atoms with Crippen LogP contribution in [0.5, 0.6) is 0 Å². The number of benzene rings is 2. The van der Waals surface area contributed by atoms with Gasteiger partial charge in [0.05, 0.1) is 22.3 Å². The lowest BCUT2D eigenvalue weighted by Gasteiger charge is -2.09. The van der Waals surface area contributed by atoms with Crippen molar-refractivity contribution >= 4 is 33.7 Å².